The number of hydrogen-bond acceptors (Lipinski definition) is 3. The van der Waals surface area contributed by atoms with Gasteiger partial charge >= 0.3 is 6.03 Å². The Morgan fingerprint density at radius 1 is 1.15 bits per heavy atom. The fourth-order valence-electron chi connectivity index (χ4n) is 4.78. The van der Waals surface area contributed by atoms with E-state index in [-0.39, 0.29) is 24.5 Å². The zero-order valence-electron chi connectivity index (χ0n) is 20.0. The number of aromatic nitrogens is 1. The second kappa shape index (κ2) is 12.6. The zero-order valence-corrected chi connectivity index (χ0v) is 20.0. The summed E-state index contributed by atoms with van der Waals surface area (Å²) in [4.78, 5) is 28.8. The van der Waals surface area contributed by atoms with Gasteiger partial charge in [0.15, 0.2) is 0 Å². The lowest BCUT2D eigenvalue weighted by Crippen LogP contribution is -2.55. The van der Waals surface area contributed by atoms with Crippen LogP contribution in [0.5, 0.6) is 0 Å². The van der Waals surface area contributed by atoms with Crippen LogP contribution < -0.4 is 16.0 Å². The van der Waals surface area contributed by atoms with Crippen LogP contribution in [0, 0.1) is 11.8 Å². The minimum Gasteiger partial charge on any atom is -0.394 e. The van der Waals surface area contributed by atoms with Gasteiger partial charge in [-0.2, -0.15) is 0 Å². The molecule has 1 heterocycles. The van der Waals surface area contributed by atoms with Gasteiger partial charge in [0, 0.05) is 23.6 Å². The molecular weight excluding hydrogens is 416 g/mol. The number of benzene rings is 1. The summed E-state index contributed by atoms with van der Waals surface area (Å²) >= 11 is 0. The first-order valence-corrected chi connectivity index (χ1v) is 12.5. The number of aromatic amines is 1. The fraction of sp³-hybridized carbons (Fsp3) is 0.615. The first-order valence-electron chi connectivity index (χ1n) is 12.5. The molecule has 1 aromatic carbocycles. The summed E-state index contributed by atoms with van der Waals surface area (Å²) in [6.07, 6.45) is 10.6. The minimum atomic E-state index is -0.651. The molecule has 1 aliphatic carbocycles. The van der Waals surface area contributed by atoms with E-state index in [2.05, 4.69) is 20.9 Å². The van der Waals surface area contributed by atoms with Crippen molar-refractivity contribution in [2.75, 3.05) is 13.2 Å². The van der Waals surface area contributed by atoms with Crippen molar-refractivity contribution >= 4 is 22.8 Å². The van der Waals surface area contributed by atoms with Crippen molar-refractivity contribution in [1.82, 2.24) is 20.9 Å². The number of aliphatic hydroxyl groups excluding tert-OH is 1. The molecule has 0 radical (unpaired) electrons. The van der Waals surface area contributed by atoms with E-state index < -0.39 is 12.1 Å². The molecular formula is C26H40N4O3. The number of carbonyl (C=O) groups is 2. The highest BCUT2D eigenvalue weighted by molar-refractivity contribution is 5.87. The number of para-hydroxylation sites is 1. The summed E-state index contributed by atoms with van der Waals surface area (Å²) in [5.74, 6) is 0.412. The maximum absolute atomic E-state index is 13.1. The maximum atomic E-state index is 13.1. The summed E-state index contributed by atoms with van der Waals surface area (Å²) in [5, 5.41) is 19.8. The highest BCUT2D eigenvalue weighted by atomic mass is 16.3. The van der Waals surface area contributed by atoms with Gasteiger partial charge in [-0.15, -0.1) is 0 Å². The van der Waals surface area contributed by atoms with E-state index >= 15 is 0 Å². The molecule has 5 N–H and O–H groups in total. The molecule has 1 saturated carbocycles. The second-order valence-electron chi connectivity index (χ2n) is 9.51. The van der Waals surface area contributed by atoms with Gasteiger partial charge in [-0.25, -0.2) is 4.79 Å². The van der Waals surface area contributed by atoms with Gasteiger partial charge in [0.1, 0.15) is 6.04 Å². The highest BCUT2D eigenvalue weighted by Crippen LogP contribution is 2.25. The lowest BCUT2D eigenvalue weighted by Gasteiger charge is -2.26. The van der Waals surface area contributed by atoms with Crippen LogP contribution >= 0.6 is 0 Å². The molecule has 2 aromatic rings. The molecule has 1 fully saturated rings. The fourth-order valence-corrected chi connectivity index (χ4v) is 4.78. The van der Waals surface area contributed by atoms with Gasteiger partial charge in [-0.3, -0.25) is 4.79 Å². The van der Waals surface area contributed by atoms with Crippen LogP contribution in [0.15, 0.2) is 30.5 Å². The van der Waals surface area contributed by atoms with Crippen LogP contribution in [-0.4, -0.2) is 47.3 Å². The van der Waals surface area contributed by atoms with Crippen molar-refractivity contribution in [1.29, 1.82) is 0 Å². The first kappa shape index (κ1) is 25.1. The van der Waals surface area contributed by atoms with Crippen LogP contribution in [0.1, 0.15) is 64.4 Å². The summed E-state index contributed by atoms with van der Waals surface area (Å²) < 4.78 is 0. The number of H-pyrrole nitrogens is 1. The quantitative estimate of drug-likeness (QED) is 0.354. The van der Waals surface area contributed by atoms with E-state index in [9.17, 15) is 14.7 Å². The summed E-state index contributed by atoms with van der Waals surface area (Å²) in [6, 6.07) is 6.59. The van der Waals surface area contributed by atoms with Gasteiger partial charge in [-0.1, -0.05) is 70.6 Å². The van der Waals surface area contributed by atoms with E-state index in [1.807, 2.05) is 44.3 Å². The Labute approximate surface area is 197 Å². The number of urea groups is 1. The average molecular weight is 457 g/mol. The van der Waals surface area contributed by atoms with Crippen LogP contribution in [0.3, 0.4) is 0 Å². The largest absolute Gasteiger partial charge is 0.394 e. The molecule has 7 heteroatoms. The van der Waals surface area contributed by atoms with Gasteiger partial charge in [0.2, 0.25) is 5.91 Å². The second-order valence-corrected chi connectivity index (χ2v) is 9.51. The van der Waals surface area contributed by atoms with Gasteiger partial charge in [0.05, 0.1) is 12.6 Å². The van der Waals surface area contributed by atoms with Gasteiger partial charge in [0.25, 0.3) is 0 Å². The number of fused-ring (bicyclic) bond motifs is 1. The van der Waals surface area contributed by atoms with Crippen molar-refractivity contribution in [3.05, 3.63) is 36.0 Å². The molecule has 1 aliphatic rings. The van der Waals surface area contributed by atoms with Crippen LogP contribution in [0.4, 0.5) is 4.79 Å². The van der Waals surface area contributed by atoms with E-state index in [4.69, 9.17) is 0 Å². The third kappa shape index (κ3) is 7.22. The molecule has 7 nitrogen and oxygen atoms in total. The molecule has 0 spiro atoms. The van der Waals surface area contributed by atoms with Crippen molar-refractivity contribution in [3.63, 3.8) is 0 Å². The predicted molar refractivity (Wildman–Crippen MR) is 132 cm³/mol. The van der Waals surface area contributed by atoms with E-state index in [0.717, 1.165) is 29.3 Å². The van der Waals surface area contributed by atoms with Crippen LogP contribution in [0.25, 0.3) is 10.9 Å². The Hall–Kier alpha value is -2.54. The molecule has 0 bridgehead atoms. The SMILES string of the molecule is CCC(C)[C@H](NC(=O)NCCC1CCCCC1)C(=O)N[C@H](CO)Cc1c[nH]c2ccccc12. The molecule has 1 aromatic heterocycles. The highest BCUT2D eigenvalue weighted by Gasteiger charge is 2.28. The van der Waals surface area contributed by atoms with Gasteiger partial charge < -0.3 is 26.0 Å². The minimum absolute atomic E-state index is 0.0264. The lowest BCUT2D eigenvalue weighted by atomic mass is 9.87. The third-order valence-electron chi connectivity index (χ3n) is 7.05. The molecule has 182 valence electrons. The number of nitrogens with one attached hydrogen (secondary N) is 4. The molecule has 3 atom stereocenters. The third-order valence-corrected chi connectivity index (χ3v) is 7.05. The average Bonchev–Trinajstić information content (AvgIpc) is 3.25. The Balaban J connectivity index is 1.54. The number of carbonyl (C=O) groups excluding carboxylic acids is 2. The normalized spacial score (nSPS) is 17.3. The summed E-state index contributed by atoms with van der Waals surface area (Å²) in [7, 11) is 0. The van der Waals surface area contributed by atoms with Gasteiger partial charge in [-0.05, 0) is 36.3 Å². The van der Waals surface area contributed by atoms with Crippen molar-refractivity contribution in [3.8, 4) is 0 Å². The topological polar surface area (TPSA) is 106 Å². The Kier molecular flexibility index (Phi) is 9.61. The molecule has 0 aliphatic heterocycles. The van der Waals surface area contributed by atoms with E-state index in [1.165, 1.54) is 32.1 Å². The molecule has 3 amide bonds. The van der Waals surface area contributed by atoms with Crippen molar-refractivity contribution < 1.29 is 14.7 Å². The van der Waals surface area contributed by atoms with E-state index in [1.54, 1.807) is 0 Å². The van der Waals surface area contributed by atoms with Crippen LogP contribution in [0.2, 0.25) is 0 Å². The smallest absolute Gasteiger partial charge is 0.315 e. The Bertz CT molecular complexity index is 891. The number of aliphatic hydroxyl groups is 1. The number of rotatable bonds is 11. The Morgan fingerprint density at radius 2 is 1.91 bits per heavy atom. The monoisotopic (exact) mass is 456 g/mol. The standard InChI is InChI=1S/C26H40N4O3/c1-3-18(2)24(30-26(33)27-14-13-19-9-5-4-6-10-19)25(32)29-21(17-31)15-20-16-28-23-12-8-7-11-22(20)23/h7-8,11-12,16,18-19,21,24,28,31H,3-6,9-10,13-15,17H2,1-2H3,(H,29,32)(H2,27,30,33)/t18?,21-,24-/m0/s1. The first-order chi connectivity index (χ1) is 16.0. The summed E-state index contributed by atoms with van der Waals surface area (Å²) in [5.41, 5.74) is 2.07. The lowest BCUT2D eigenvalue weighted by molar-refractivity contribution is -0.125. The maximum Gasteiger partial charge on any atom is 0.315 e. The van der Waals surface area contributed by atoms with Crippen LogP contribution in [-0.2, 0) is 11.2 Å². The zero-order chi connectivity index (χ0) is 23.6. The molecule has 1 unspecified atom stereocenters. The number of hydrogen-bond donors (Lipinski definition) is 5. The predicted octanol–water partition coefficient (Wildman–Crippen LogP) is 3.87. The summed E-state index contributed by atoms with van der Waals surface area (Å²) in [6.45, 7) is 4.42. The Morgan fingerprint density at radius 3 is 2.64 bits per heavy atom. The molecule has 33 heavy (non-hydrogen) atoms. The number of amides is 3. The molecule has 0 saturated heterocycles. The van der Waals surface area contributed by atoms with E-state index in [0.29, 0.717) is 18.9 Å². The van der Waals surface area contributed by atoms with Crippen molar-refractivity contribution in [2.45, 2.75) is 77.3 Å². The molecule has 3 rings (SSSR count). The van der Waals surface area contributed by atoms with Crippen molar-refractivity contribution in [2.24, 2.45) is 11.8 Å².